The molecule has 0 aromatic heterocycles. The van der Waals surface area contributed by atoms with E-state index in [-0.39, 0.29) is 17.6 Å². The van der Waals surface area contributed by atoms with Gasteiger partial charge in [-0.1, -0.05) is 13.8 Å². The third-order valence-corrected chi connectivity index (χ3v) is 4.31. The van der Waals surface area contributed by atoms with E-state index in [9.17, 15) is 4.79 Å². The maximum absolute atomic E-state index is 12.2. The zero-order valence-electron chi connectivity index (χ0n) is 13.1. The van der Waals surface area contributed by atoms with E-state index < -0.39 is 6.10 Å². The molecular formula is C15H30N2O3. The van der Waals surface area contributed by atoms with Crippen molar-refractivity contribution in [3.05, 3.63) is 0 Å². The van der Waals surface area contributed by atoms with Gasteiger partial charge >= 0.3 is 0 Å². The number of ether oxygens (including phenoxy) is 2. The van der Waals surface area contributed by atoms with E-state index in [1.807, 2.05) is 13.8 Å². The van der Waals surface area contributed by atoms with Crippen LogP contribution < -0.4 is 11.1 Å². The van der Waals surface area contributed by atoms with Crippen molar-refractivity contribution in [3.8, 4) is 0 Å². The molecule has 1 heterocycles. The summed E-state index contributed by atoms with van der Waals surface area (Å²) in [5.41, 5.74) is 5.48. The quantitative estimate of drug-likeness (QED) is 0.711. The van der Waals surface area contributed by atoms with E-state index >= 15 is 0 Å². The number of carbonyl (C=O) groups excluding carboxylic acids is 1. The smallest absolute Gasteiger partial charge is 0.249 e. The minimum atomic E-state index is -0.468. The lowest BCUT2D eigenvalue weighted by molar-refractivity contribution is -0.137. The molecule has 118 valence electrons. The van der Waals surface area contributed by atoms with Crippen molar-refractivity contribution in [1.82, 2.24) is 5.32 Å². The molecule has 0 saturated carbocycles. The van der Waals surface area contributed by atoms with Gasteiger partial charge in [-0.05, 0) is 39.0 Å². The summed E-state index contributed by atoms with van der Waals surface area (Å²) in [6, 6.07) is 0. The Labute approximate surface area is 122 Å². The lowest BCUT2D eigenvalue weighted by Crippen LogP contribution is -2.55. The molecule has 1 fully saturated rings. The first-order chi connectivity index (χ1) is 9.56. The highest BCUT2D eigenvalue weighted by Gasteiger charge is 2.29. The summed E-state index contributed by atoms with van der Waals surface area (Å²) in [6.45, 7) is 7.60. The fraction of sp³-hybridized carbons (Fsp3) is 0.933. The van der Waals surface area contributed by atoms with Gasteiger partial charge < -0.3 is 20.5 Å². The average molecular weight is 286 g/mol. The van der Waals surface area contributed by atoms with Crippen molar-refractivity contribution in [2.24, 2.45) is 5.73 Å². The minimum Gasteiger partial charge on any atom is -0.376 e. The van der Waals surface area contributed by atoms with Crippen molar-refractivity contribution >= 4 is 5.91 Å². The Hall–Kier alpha value is -0.650. The normalized spacial score (nSPS) is 21.5. The summed E-state index contributed by atoms with van der Waals surface area (Å²) in [4.78, 5) is 12.2. The lowest BCUT2D eigenvalue weighted by atomic mass is 9.92. The van der Waals surface area contributed by atoms with Crippen molar-refractivity contribution < 1.29 is 14.3 Å². The number of hydrogen-bond acceptors (Lipinski definition) is 4. The van der Waals surface area contributed by atoms with E-state index in [2.05, 4.69) is 5.32 Å². The lowest BCUT2D eigenvalue weighted by Gasteiger charge is -2.33. The van der Waals surface area contributed by atoms with Gasteiger partial charge in [-0.2, -0.15) is 0 Å². The molecule has 0 aromatic carbocycles. The van der Waals surface area contributed by atoms with Gasteiger partial charge in [0.15, 0.2) is 0 Å². The van der Waals surface area contributed by atoms with Gasteiger partial charge in [0.05, 0.1) is 18.2 Å². The highest BCUT2D eigenvalue weighted by atomic mass is 16.5. The molecule has 0 aromatic rings. The standard InChI is InChI=1S/C15H30N2O3/c1-4-15(5-2,11-16)17-14(18)12(3)20-10-13-8-6-7-9-19-13/h12-13H,4-11,16H2,1-3H3,(H,17,18). The first-order valence-corrected chi connectivity index (χ1v) is 7.82. The third-order valence-electron chi connectivity index (χ3n) is 4.31. The molecule has 2 unspecified atom stereocenters. The van der Waals surface area contributed by atoms with E-state index in [4.69, 9.17) is 15.2 Å². The number of nitrogens with one attached hydrogen (secondary N) is 1. The first-order valence-electron chi connectivity index (χ1n) is 7.82. The van der Waals surface area contributed by atoms with Crippen molar-refractivity contribution in [2.45, 2.75) is 70.6 Å². The summed E-state index contributed by atoms with van der Waals surface area (Å²) in [7, 11) is 0. The summed E-state index contributed by atoms with van der Waals surface area (Å²) < 4.78 is 11.2. The predicted octanol–water partition coefficient (Wildman–Crippen LogP) is 1.59. The second-order valence-electron chi connectivity index (χ2n) is 5.64. The Morgan fingerprint density at radius 3 is 2.65 bits per heavy atom. The van der Waals surface area contributed by atoms with Crippen molar-refractivity contribution in [2.75, 3.05) is 19.8 Å². The van der Waals surface area contributed by atoms with Gasteiger partial charge in [0.1, 0.15) is 6.10 Å². The van der Waals surface area contributed by atoms with E-state index in [1.54, 1.807) is 6.92 Å². The van der Waals surface area contributed by atoms with Crippen LogP contribution in [0.4, 0.5) is 0 Å². The number of hydrogen-bond donors (Lipinski definition) is 2. The van der Waals surface area contributed by atoms with Crippen molar-refractivity contribution in [1.29, 1.82) is 0 Å². The molecular weight excluding hydrogens is 256 g/mol. The molecule has 2 atom stereocenters. The molecule has 0 bridgehead atoms. The number of amides is 1. The van der Waals surface area contributed by atoms with Crippen LogP contribution >= 0.6 is 0 Å². The SMILES string of the molecule is CCC(CC)(CN)NC(=O)C(C)OCC1CCCCO1. The molecule has 5 nitrogen and oxygen atoms in total. The molecule has 20 heavy (non-hydrogen) atoms. The van der Waals surface area contributed by atoms with E-state index in [0.29, 0.717) is 13.2 Å². The maximum Gasteiger partial charge on any atom is 0.249 e. The van der Waals surface area contributed by atoms with E-state index in [0.717, 1.165) is 32.3 Å². The summed E-state index contributed by atoms with van der Waals surface area (Å²) in [6.07, 6.45) is 4.63. The third kappa shape index (κ3) is 5.04. The molecule has 0 aliphatic carbocycles. The summed E-state index contributed by atoms with van der Waals surface area (Å²) in [5, 5.41) is 3.04. The molecule has 0 radical (unpaired) electrons. The topological polar surface area (TPSA) is 73.6 Å². The first kappa shape index (κ1) is 17.4. The van der Waals surface area contributed by atoms with Crippen LogP contribution in [-0.2, 0) is 14.3 Å². The maximum atomic E-state index is 12.2. The van der Waals surface area contributed by atoms with Crippen LogP contribution in [0.3, 0.4) is 0 Å². The molecule has 5 heteroatoms. The van der Waals surface area contributed by atoms with Crippen LogP contribution in [0, 0.1) is 0 Å². The van der Waals surface area contributed by atoms with Crippen molar-refractivity contribution in [3.63, 3.8) is 0 Å². The van der Waals surface area contributed by atoms with Gasteiger partial charge in [-0.3, -0.25) is 4.79 Å². The molecule has 1 aliphatic heterocycles. The van der Waals surface area contributed by atoms with Gasteiger partial charge in [0.25, 0.3) is 0 Å². The monoisotopic (exact) mass is 286 g/mol. The second kappa shape index (κ2) is 8.60. The van der Waals surface area contributed by atoms with Crippen LogP contribution in [0.15, 0.2) is 0 Å². The van der Waals surface area contributed by atoms with Gasteiger partial charge in [0.2, 0.25) is 5.91 Å². The van der Waals surface area contributed by atoms with E-state index in [1.165, 1.54) is 6.42 Å². The minimum absolute atomic E-state index is 0.0880. The van der Waals surface area contributed by atoms with Crippen LogP contribution in [-0.4, -0.2) is 43.4 Å². The molecule has 1 aliphatic rings. The highest BCUT2D eigenvalue weighted by molar-refractivity contribution is 5.81. The molecule has 1 amide bonds. The fourth-order valence-electron chi connectivity index (χ4n) is 2.40. The van der Waals surface area contributed by atoms with Crippen LogP contribution in [0.5, 0.6) is 0 Å². The average Bonchev–Trinajstić information content (AvgIpc) is 2.51. The Bertz CT molecular complexity index is 279. The van der Waals surface area contributed by atoms with Gasteiger partial charge in [-0.15, -0.1) is 0 Å². The number of nitrogens with two attached hydrogens (primary N) is 1. The highest BCUT2D eigenvalue weighted by Crippen LogP contribution is 2.15. The second-order valence-corrected chi connectivity index (χ2v) is 5.64. The molecule has 1 saturated heterocycles. The van der Waals surface area contributed by atoms with Gasteiger partial charge in [-0.25, -0.2) is 0 Å². The number of carbonyl (C=O) groups is 1. The predicted molar refractivity (Wildman–Crippen MR) is 79.5 cm³/mol. The van der Waals surface area contributed by atoms with Crippen LogP contribution in [0.2, 0.25) is 0 Å². The molecule has 1 rings (SSSR count). The molecule has 3 N–H and O–H groups in total. The summed E-state index contributed by atoms with van der Waals surface area (Å²) >= 11 is 0. The zero-order valence-corrected chi connectivity index (χ0v) is 13.1. The largest absolute Gasteiger partial charge is 0.376 e. The van der Waals surface area contributed by atoms with Gasteiger partial charge in [0, 0.05) is 13.2 Å². The molecule has 0 spiro atoms. The Morgan fingerprint density at radius 1 is 1.45 bits per heavy atom. The Morgan fingerprint density at radius 2 is 2.15 bits per heavy atom. The fourth-order valence-corrected chi connectivity index (χ4v) is 2.40. The van der Waals surface area contributed by atoms with Crippen LogP contribution in [0.1, 0.15) is 52.9 Å². The Kier molecular flexibility index (Phi) is 7.48. The zero-order chi connectivity index (χ0) is 15.0. The Balaban J connectivity index is 2.37. The number of rotatable bonds is 8. The van der Waals surface area contributed by atoms with Crippen LogP contribution in [0.25, 0.3) is 0 Å². The summed E-state index contributed by atoms with van der Waals surface area (Å²) in [5.74, 6) is -0.0880.